The number of rotatable bonds is 6. The van der Waals surface area contributed by atoms with Crippen molar-refractivity contribution in [1.82, 2.24) is 19.6 Å². The maximum absolute atomic E-state index is 15.3. The number of halogens is 2. The van der Waals surface area contributed by atoms with E-state index in [2.05, 4.69) is 20.5 Å². The Morgan fingerprint density at radius 2 is 2.11 bits per heavy atom. The number of nitrogens with one attached hydrogen (secondary N) is 2. The van der Waals surface area contributed by atoms with Gasteiger partial charge in [0.25, 0.3) is 0 Å². The Balaban J connectivity index is 1.95. The van der Waals surface area contributed by atoms with Crippen molar-refractivity contribution in [3.63, 3.8) is 0 Å². The molecule has 0 aliphatic heterocycles. The number of fused-ring (bicyclic) bond motifs is 2. The predicted octanol–water partition coefficient (Wildman–Crippen LogP) is 4.08. The molecule has 0 aliphatic carbocycles. The standard InChI is InChI=1S/C19H18ClFN6O/c1-3-26(4-2)19-17(21)16(20)15(12-7-23-25-18(12)19)11-5-6-14-24-13(22-10-28)9-27(14)8-11/h5-10H,3-4H2,1-2H3,(H,22,28)(H,23,25). The number of pyridine rings is 1. The van der Waals surface area contributed by atoms with Crippen molar-refractivity contribution in [3.05, 3.63) is 41.6 Å². The van der Waals surface area contributed by atoms with Crippen LogP contribution in [0.2, 0.25) is 5.02 Å². The van der Waals surface area contributed by atoms with E-state index in [0.717, 1.165) is 5.39 Å². The summed E-state index contributed by atoms with van der Waals surface area (Å²) in [6, 6.07) is 3.60. The Labute approximate surface area is 165 Å². The number of hydrogen-bond donors (Lipinski definition) is 2. The first-order chi connectivity index (χ1) is 13.6. The van der Waals surface area contributed by atoms with Gasteiger partial charge < -0.3 is 14.6 Å². The van der Waals surface area contributed by atoms with Crippen LogP contribution in [0.15, 0.2) is 30.7 Å². The van der Waals surface area contributed by atoms with Crippen LogP contribution in [0.25, 0.3) is 27.7 Å². The first-order valence-corrected chi connectivity index (χ1v) is 9.25. The number of carbonyl (C=O) groups excluding carboxylic acids is 1. The van der Waals surface area contributed by atoms with Crippen molar-refractivity contribution in [2.75, 3.05) is 23.3 Å². The van der Waals surface area contributed by atoms with E-state index in [9.17, 15) is 4.79 Å². The largest absolute Gasteiger partial charge is 0.368 e. The molecule has 4 aromatic rings. The van der Waals surface area contributed by atoms with Crippen LogP contribution in [0.3, 0.4) is 0 Å². The normalized spacial score (nSPS) is 11.3. The number of amides is 1. The quantitative estimate of drug-likeness (QED) is 0.478. The topological polar surface area (TPSA) is 78.3 Å². The third kappa shape index (κ3) is 2.77. The number of carbonyl (C=O) groups is 1. The minimum Gasteiger partial charge on any atom is -0.368 e. The molecule has 0 fully saturated rings. The fraction of sp³-hybridized carbons (Fsp3) is 0.211. The molecule has 0 radical (unpaired) electrons. The summed E-state index contributed by atoms with van der Waals surface area (Å²) in [5, 5.41) is 10.3. The molecule has 9 heteroatoms. The highest BCUT2D eigenvalue weighted by atomic mass is 35.5. The van der Waals surface area contributed by atoms with Crippen LogP contribution >= 0.6 is 11.6 Å². The first kappa shape index (κ1) is 18.2. The summed E-state index contributed by atoms with van der Waals surface area (Å²) < 4.78 is 17.1. The third-order valence-corrected chi connectivity index (χ3v) is 5.15. The second-order valence-corrected chi connectivity index (χ2v) is 6.63. The molecule has 1 amide bonds. The SMILES string of the molecule is CCN(CC)c1c(F)c(Cl)c(-c2ccc3nc(NC=O)cn3c2)c2cn[nH]c12. The Morgan fingerprint density at radius 3 is 2.82 bits per heavy atom. The Morgan fingerprint density at radius 1 is 1.32 bits per heavy atom. The van der Waals surface area contributed by atoms with Gasteiger partial charge >= 0.3 is 0 Å². The van der Waals surface area contributed by atoms with Crippen molar-refractivity contribution in [3.8, 4) is 11.1 Å². The van der Waals surface area contributed by atoms with Crippen LogP contribution in [0.1, 0.15) is 13.8 Å². The average molecular weight is 401 g/mol. The van der Waals surface area contributed by atoms with Crippen LogP contribution in [0, 0.1) is 5.82 Å². The summed E-state index contributed by atoms with van der Waals surface area (Å²) in [5.41, 5.74) is 2.94. The van der Waals surface area contributed by atoms with Gasteiger partial charge in [0.15, 0.2) is 11.6 Å². The molecular weight excluding hydrogens is 383 g/mol. The third-order valence-electron chi connectivity index (χ3n) is 4.79. The Kier molecular flexibility index (Phi) is 4.64. The highest BCUT2D eigenvalue weighted by molar-refractivity contribution is 6.36. The van der Waals surface area contributed by atoms with Crippen molar-refractivity contribution in [2.45, 2.75) is 13.8 Å². The van der Waals surface area contributed by atoms with Gasteiger partial charge in [-0.3, -0.25) is 9.89 Å². The molecule has 1 aromatic carbocycles. The van der Waals surface area contributed by atoms with Crippen LogP contribution < -0.4 is 10.2 Å². The molecule has 144 valence electrons. The van der Waals surface area contributed by atoms with Crippen LogP contribution in [-0.4, -0.2) is 39.1 Å². The summed E-state index contributed by atoms with van der Waals surface area (Å²) in [4.78, 5) is 16.8. The number of aromatic nitrogens is 4. The van der Waals surface area contributed by atoms with Gasteiger partial charge in [0.2, 0.25) is 6.41 Å². The summed E-state index contributed by atoms with van der Waals surface area (Å²) in [5.74, 6) is -0.0547. The van der Waals surface area contributed by atoms with Crippen LogP contribution in [0.4, 0.5) is 15.9 Å². The zero-order valence-corrected chi connectivity index (χ0v) is 16.1. The van der Waals surface area contributed by atoms with Gasteiger partial charge in [-0.25, -0.2) is 9.37 Å². The van der Waals surface area contributed by atoms with Gasteiger partial charge in [-0.05, 0) is 26.0 Å². The summed E-state index contributed by atoms with van der Waals surface area (Å²) >= 11 is 6.51. The van der Waals surface area contributed by atoms with Crippen molar-refractivity contribution in [1.29, 1.82) is 0 Å². The minimum absolute atomic E-state index is 0.0431. The van der Waals surface area contributed by atoms with E-state index in [0.29, 0.717) is 53.3 Å². The highest BCUT2D eigenvalue weighted by Gasteiger charge is 2.24. The number of benzene rings is 1. The van der Waals surface area contributed by atoms with Gasteiger partial charge in [-0.2, -0.15) is 5.10 Å². The van der Waals surface area contributed by atoms with E-state index in [-0.39, 0.29) is 5.02 Å². The molecule has 3 heterocycles. The van der Waals surface area contributed by atoms with Crippen molar-refractivity contribution < 1.29 is 9.18 Å². The molecule has 28 heavy (non-hydrogen) atoms. The molecule has 0 atom stereocenters. The maximum atomic E-state index is 15.3. The fourth-order valence-electron chi connectivity index (χ4n) is 3.49. The lowest BCUT2D eigenvalue weighted by atomic mass is 10.0. The highest BCUT2D eigenvalue weighted by Crippen LogP contribution is 2.42. The fourth-order valence-corrected chi connectivity index (χ4v) is 3.79. The lowest BCUT2D eigenvalue weighted by molar-refractivity contribution is -0.105. The molecule has 0 saturated heterocycles. The van der Waals surface area contributed by atoms with Gasteiger partial charge in [-0.15, -0.1) is 0 Å². The minimum atomic E-state index is -0.480. The number of hydrogen-bond acceptors (Lipinski definition) is 4. The Hall–Kier alpha value is -3.13. The summed E-state index contributed by atoms with van der Waals surface area (Å²) in [6.45, 7) is 5.21. The molecule has 0 saturated carbocycles. The maximum Gasteiger partial charge on any atom is 0.212 e. The molecule has 0 aliphatic rings. The number of nitrogens with zero attached hydrogens (tertiary/aromatic N) is 4. The van der Waals surface area contributed by atoms with Gasteiger partial charge in [0.1, 0.15) is 11.3 Å². The number of H-pyrrole nitrogens is 1. The second-order valence-electron chi connectivity index (χ2n) is 6.25. The molecule has 7 nitrogen and oxygen atoms in total. The molecule has 2 N–H and O–H groups in total. The van der Waals surface area contributed by atoms with Crippen molar-refractivity contribution in [2.24, 2.45) is 0 Å². The molecule has 0 unspecified atom stereocenters. The molecule has 3 aromatic heterocycles. The first-order valence-electron chi connectivity index (χ1n) is 8.87. The van der Waals surface area contributed by atoms with Gasteiger partial charge in [0.05, 0.1) is 22.9 Å². The lowest BCUT2D eigenvalue weighted by Gasteiger charge is -2.24. The lowest BCUT2D eigenvalue weighted by Crippen LogP contribution is -2.23. The van der Waals surface area contributed by atoms with E-state index >= 15 is 4.39 Å². The molecule has 0 bridgehead atoms. The van der Waals surface area contributed by atoms with E-state index < -0.39 is 5.82 Å². The van der Waals surface area contributed by atoms with E-state index in [4.69, 9.17) is 11.6 Å². The smallest absolute Gasteiger partial charge is 0.212 e. The Bertz CT molecular complexity index is 1180. The van der Waals surface area contributed by atoms with E-state index in [1.165, 1.54) is 0 Å². The van der Waals surface area contributed by atoms with E-state index in [1.54, 1.807) is 29.1 Å². The van der Waals surface area contributed by atoms with Gasteiger partial charge in [-0.1, -0.05) is 11.6 Å². The number of imidazole rings is 1. The average Bonchev–Trinajstić information content (AvgIpc) is 3.32. The summed E-state index contributed by atoms with van der Waals surface area (Å²) in [6.07, 6.45) is 5.69. The predicted molar refractivity (Wildman–Crippen MR) is 108 cm³/mol. The zero-order chi connectivity index (χ0) is 19.8. The van der Waals surface area contributed by atoms with Gasteiger partial charge in [0, 0.05) is 35.8 Å². The monoisotopic (exact) mass is 400 g/mol. The molecule has 4 rings (SSSR count). The van der Waals surface area contributed by atoms with Crippen molar-refractivity contribution >= 4 is 46.1 Å². The number of aromatic amines is 1. The second kappa shape index (κ2) is 7.12. The number of anilines is 2. The molecule has 0 spiro atoms. The van der Waals surface area contributed by atoms with E-state index in [1.807, 2.05) is 24.8 Å². The van der Waals surface area contributed by atoms with Crippen LogP contribution in [0.5, 0.6) is 0 Å². The zero-order valence-electron chi connectivity index (χ0n) is 15.3. The summed E-state index contributed by atoms with van der Waals surface area (Å²) in [7, 11) is 0. The molecular formula is C19H18ClFN6O. The van der Waals surface area contributed by atoms with Crippen LogP contribution in [-0.2, 0) is 4.79 Å².